The molecule has 280 valence electrons. The van der Waals surface area contributed by atoms with Crippen LogP contribution in [0, 0.1) is 23.7 Å². The molecule has 0 aromatic rings. The van der Waals surface area contributed by atoms with Crippen LogP contribution in [0.3, 0.4) is 0 Å². The van der Waals surface area contributed by atoms with E-state index in [9.17, 15) is 24.9 Å². The fraction of sp³-hybridized carbons (Fsp3) is 0.833. The second-order valence-corrected chi connectivity index (χ2v) is 14.6. The molecule has 4 rings (SSSR count). The van der Waals surface area contributed by atoms with Crippen molar-refractivity contribution in [2.24, 2.45) is 23.7 Å². The number of aliphatic hydroxyl groups excluding tert-OH is 3. The topological polar surface area (TPSA) is 166 Å². The molecule has 3 N–H and O–H groups in total. The minimum absolute atomic E-state index is 0.0365. The lowest BCUT2D eigenvalue weighted by atomic mass is 9.84. The summed E-state index contributed by atoms with van der Waals surface area (Å²) in [7, 11) is 5.24. The van der Waals surface area contributed by atoms with Crippen molar-refractivity contribution in [1.29, 1.82) is 0 Å². The van der Waals surface area contributed by atoms with Crippen molar-refractivity contribution in [3.05, 3.63) is 24.3 Å². The normalized spacial score (nSPS) is 46.9. The van der Waals surface area contributed by atoms with Gasteiger partial charge in [0.05, 0.1) is 31.0 Å². The number of rotatable bonds is 8. The van der Waals surface area contributed by atoms with Crippen molar-refractivity contribution >= 4 is 11.8 Å². The molecule has 0 aromatic carbocycles. The second-order valence-electron chi connectivity index (χ2n) is 14.6. The molecule has 4 aliphatic heterocycles. The fourth-order valence-corrected chi connectivity index (χ4v) is 7.39. The summed E-state index contributed by atoms with van der Waals surface area (Å²) in [6, 6.07) is -0.150. The zero-order valence-corrected chi connectivity index (χ0v) is 30.4. The standard InChI is InChI=1S/C36H59NO12/c1-10-26-23(17-44-36-34(43-9)31(42)29(40)22(6)46-36)33-27(48-33)13-12-25(38)19(3)15-20(4)32(18(2)11-14-28(39)47-26)49-35-30(41)24(37(7)8)16-21(5)45-35/h11-14,18-24,26-27,29-36,40-42H,10,15-17H2,1-9H3/b13-12+,14-11+/t18-,19+,20-,21+,22+,23+,24-,26?,27+,29+,30+,31+,32?,33-,34+,35-,36+/m0/s1. The van der Waals surface area contributed by atoms with E-state index in [1.807, 2.05) is 53.6 Å². The van der Waals surface area contributed by atoms with Crippen molar-refractivity contribution in [2.45, 2.75) is 140 Å². The zero-order valence-electron chi connectivity index (χ0n) is 30.4. The number of aliphatic hydroxyl groups is 3. The Kier molecular flexibility index (Phi) is 14.4. The molecule has 0 aromatic heterocycles. The Balaban J connectivity index is 1.55. The van der Waals surface area contributed by atoms with Gasteiger partial charge in [-0.25, -0.2) is 4.79 Å². The first-order valence-electron chi connectivity index (χ1n) is 17.7. The largest absolute Gasteiger partial charge is 0.459 e. The predicted octanol–water partition coefficient (Wildman–Crippen LogP) is 1.99. The van der Waals surface area contributed by atoms with Crippen LogP contribution in [0.5, 0.6) is 0 Å². The molecule has 0 radical (unpaired) electrons. The smallest absolute Gasteiger partial charge is 0.330 e. The van der Waals surface area contributed by atoms with Crippen molar-refractivity contribution in [1.82, 2.24) is 4.90 Å². The molecule has 13 heteroatoms. The van der Waals surface area contributed by atoms with Crippen LogP contribution in [0.2, 0.25) is 0 Å². The maximum absolute atomic E-state index is 13.3. The van der Waals surface area contributed by atoms with Crippen LogP contribution in [0.1, 0.15) is 60.8 Å². The van der Waals surface area contributed by atoms with Crippen molar-refractivity contribution < 1.29 is 58.1 Å². The van der Waals surface area contributed by atoms with Crippen LogP contribution in [0.25, 0.3) is 0 Å². The van der Waals surface area contributed by atoms with E-state index in [4.69, 9.17) is 33.2 Å². The highest BCUT2D eigenvalue weighted by Crippen LogP contribution is 2.37. The van der Waals surface area contributed by atoms with Gasteiger partial charge in [0.15, 0.2) is 18.4 Å². The number of methoxy groups -OCH3 is 1. The first kappa shape index (κ1) is 40.0. The van der Waals surface area contributed by atoms with E-state index in [0.29, 0.717) is 19.3 Å². The highest BCUT2D eigenvalue weighted by Gasteiger charge is 2.50. The van der Waals surface area contributed by atoms with Gasteiger partial charge < -0.3 is 53.4 Å². The monoisotopic (exact) mass is 697 g/mol. The van der Waals surface area contributed by atoms with Gasteiger partial charge in [0.25, 0.3) is 0 Å². The van der Waals surface area contributed by atoms with Gasteiger partial charge in [-0.15, -0.1) is 0 Å². The number of nitrogens with zero attached hydrogens (tertiary/aromatic N) is 1. The number of epoxide rings is 1. The summed E-state index contributed by atoms with van der Waals surface area (Å²) in [6.07, 6.45) is -0.676. The number of hydrogen-bond donors (Lipinski definition) is 3. The van der Waals surface area contributed by atoms with E-state index >= 15 is 0 Å². The maximum Gasteiger partial charge on any atom is 0.330 e. The molecule has 0 spiro atoms. The third-order valence-electron chi connectivity index (χ3n) is 10.5. The molecule has 3 saturated heterocycles. The van der Waals surface area contributed by atoms with E-state index in [2.05, 4.69) is 0 Å². The number of likely N-dealkylation sites (N-methyl/N-ethyl adjacent to an activating group) is 1. The lowest BCUT2D eigenvalue weighted by Gasteiger charge is -2.43. The molecule has 0 aliphatic carbocycles. The van der Waals surface area contributed by atoms with Gasteiger partial charge in [0.2, 0.25) is 0 Å². The number of esters is 1. The molecular weight excluding hydrogens is 638 g/mol. The summed E-state index contributed by atoms with van der Waals surface area (Å²) in [5.41, 5.74) is 0. The van der Waals surface area contributed by atoms with E-state index < -0.39 is 73.3 Å². The zero-order chi connectivity index (χ0) is 36.2. The van der Waals surface area contributed by atoms with Crippen LogP contribution in [0.4, 0.5) is 0 Å². The first-order chi connectivity index (χ1) is 23.2. The highest BCUT2D eigenvalue weighted by molar-refractivity contribution is 5.91. The average molecular weight is 698 g/mol. The minimum Gasteiger partial charge on any atom is -0.459 e. The molecule has 0 bridgehead atoms. The number of fused-ring (bicyclic) bond motifs is 1. The van der Waals surface area contributed by atoms with E-state index in [-0.39, 0.29) is 48.4 Å². The van der Waals surface area contributed by atoms with Gasteiger partial charge in [0.1, 0.15) is 36.6 Å². The number of ketones is 1. The summed E-state index contributed by atoms with van der Waals surface area (Å²) in [5.74, 6) is -1.77. The molecule has 4 heterocycles. The Morgan fingerprint density at radius 1 is 0.878 bits per heavy atom. The van der Waals surface area contributed by atoms with E-state index in [1.54, 1.807) is 25.2 Å². The highest BCUT2D eigenvalue weighted by atomic mass is 16.7. The quantitative estimate of drug-likeness (QED) is 0.249. The Morgan fingerprint density at radius 3 is 2.24 bits per heavy atom. The van der Waals surface area contributed by atoms with Crippen molar-refractivity contribution in [2.75, 3.05) is 27.8 Å². The number of carbonyl (C=O) groups excluding carboxylic acids is 2. The second kappa shape index (κ2) is 17.6. The van der Waals surface area contributed by atoms with Crippen LogP contribution in [-0.2, 0) is 42.7 Å². The van der Waals surface area contributed by atoms with Gasteiger partial charge in [-0.1, -0.05) is 33.8 Å². The lowest BCUT2D eigenvalue weighted by Crippen LogP contribution is -2.58. The molecule has 3 fully saturated rings. The fourth-order valence-electron chi connectivity index (χ4n) is 7.39. The molecule has 17 atom stereocenters. The predicted molar refractivity (Wildman–Crippen MR) is 178 cm³/mol. The van der Waals surface area contributed by atoms with Crippen LogP contribution >= 0.6 is 0 Å². The number of hydrogen-bond acceptors (Lipinski definition) is 13. The first-order valence-corrected chi connectivity index (χ1v) is 17.7. The number of ether oxygens (including phenoxy) is 7. The molecule has 0 amide bonds. The molecule has 49 heavy (non-hydrogen) atoms. The average Bonchev–Trinajstić information content (AvgIpc) is 3.83. The van der Waals surface area contributed by atoms with Gasteiger partial charge in [-0.05, 0) is 65.3 Å². The number of allylic oxidation sites excluding steroid dienone is 1. The summed E-state index contributed by atoms with van der Waals surface area (Å²) < 4.78 is 41.9. The Labute approximate surface area is 290 Å². The molecule has 4 aliphatic rings. The Hall–Kier alpha value is -1.78. The minimum atomic E-state index is -1.22. The molecule has 0 saturated carbocycles. The molecule has 13 nitrogen and oxygen atoms in total. The van der Waals surface area contributed by atoms with Crippen molar-refractivity contribution in [3.8, 4) is 0 Å². The number of cyclic esters (lactones) is 1. The van der Waals surface area contributed by atoms with Gasteiger partial charge in [-0.3, -0.25) is 4.79 Å². The number of carbonyl (C=O) groups is 2. The van der Waals surface area contributed by atoms with E-state index in [0.717, 1.165) is 0 Å². The third-order valence-corrected chi connectivity index (χ3v) is 10.5. The van der Waals surface area contributed by atoms with Crippen LogP contribution in [0.15, 0.2) is 24.3 Å². The van der Waals surface area contributed by atoms with Crippen LogP contribution in [-0.4, -0.2) is 139 Å². The molecule has 2 unspecified atom stereocenters. The Morgan fingerprint density at radius 2 is 1.59 bits per heavy atom. The summed E-state index contributed by atoms with van der Waals surface area (Å²) in [6.45, 7) is 11.3. The van der Waals surface area contributed by atoms with Crippen LogP contribution < -0.4 is 0 Å². The van der Waals surface area contributed by atoms with Crippen molar-refractivity contribution in [3.63, 3.8) is 0 Å². The Bertz CT molecular complexity index is 1150. The summed E-state index contributed by atoms with van der Waals surface area (Å²) in [5, 5.41) is 32.0. The summed E-state index contributed by atoms with van der Waals surface area (Å²) in [4.78, 5) is 28.6. The summed E-state index contributed by atoms with van der Waals surface area (Å²) >= 11 is 0. The molecular formula is C36H59NO12. The van der Waals surface area contributed by atoms with Gasteiger partial charge in [0, 0.05) is 37.0 Å². The lowest BCUT2D eigenvalue weighted by molar-refractivity contribution is -0.301. The van der Waals surface area contributed by atoms with Gasteiger partial charge in [-0.2, -0.15) is 0 Å². The third kappa shape index (κ3) is 9.97. The van der Waals surface area contributed by atoms with E-state index in [1.165, 1.54) is 13.2 Å². The SMILES string of the molecule is CCC1OC(=O)/C=C/[C@H](C)C(O[C@@H]2O[C@H](C)C[C@H](N(C)C)[C@H]2O)[C@@H](C)C[C@@H](C)C(=O)/C=C/[C@H]2O[C@H]2[C@@H]1CO[C@@H]1O[C@H](C)[C@@H](O)[C@@H](O)[C@H]1OC. The van der Waals surface area contributed by atoms with Gasteiger partial charge >= 0.3 is 5.97 Å². The maximum atomic E-state index is 13.3.